The number of hydrogen-bond acceptors (Lipinski definition) is 7. The summed E-state index contributed by atoms with van der Waals surface area (Å²) in [5.41, 5.74) is 0.242. The molecule has 2 rings (SSSR count). The summed E-state index contributed by atoms with van der Waals surface area (Å²) in [5.74, 6) is 0.0417. The van der Waals surface area contributed by atoms with E-state index in [4.69, 9.17) is 0 Å². The maximum Gasteiger partial charge on any atom is 0.278 e. The number of hydrogen-bond donors (Lipinski definition) is 2. The Morgan fingerprint density at radius 1 is 1.36 bits per heavy atom. The summed E-state index contributed by atoms with van der Waals surface area (Å²) in [6, 6.07) is 4.23. The van der Waals surface area contributed by atoms with Gasteiger partial charge in [0.1, 0.15) is 6.10 Å². The number of thioether (sulfide) groups is 1. The van der Waals surface area contributed by atoms with Gasteiger partial charge in [-0.3, -0.25) is 19.9 Å². The number of rotatable bonds is 5. The summed E-state index contributed by atoms with van der Waals surface area (Å²) in [4.78, 5) is 25.3. The molecule has 1 heterocycles. The third-order valence-electron chi connectivity index (χ3n) is 3.17. The average molecular weight is 322 g/mol. The highest BCUT2D eigenvalue weighted by Gasteiger charge is 2.23. The highest BCUT2D eigenvalue weighted by atomic mass is 32.2. The number of aliphatic hydroxyl groups excluding tert-OH is 2. The van der Waals surface area contributed by atoms with Gasteiger partial charge >= 0.3 is 0 Å². The van der Waals surface area contributed by atoms with Crippen LogP contribution >= 0.6 is 11.8 Å². The van der Waals surface area contributed by atoms with Crippen LogP contribution in [-0.2, 0) is 4.79 Å². The van der Waals surface area contributed by atoms with Gasteiger partial charge in [0.05, 0.1) is 16.4 Å². The number of nitrogens with zero attached hydrogens (tertiary/aromatic N) is 2. The van der Waals surface area contributed by atoms with Crippen LogP contribution in [0.4, 0.5) is 5.69 Å². The monoisotopic (exact) mass is 322 g/mol. The van der Waals surface area contributed by atoms with Gasteiger partial charge in [-0.05, 0) is 23.1 Å². The summed E-state index contributed by atoms with van der Waals surface area (Å²) in [7, 11) is 0. The molecule has 22 heavy (non-hydrogen) atoms. The third-order valence-corrected chi connectivity index (χ3v) is 4.08. The zero-order valence-electron chi connectivity index (χ0n) is 11.7. The molecule has 7 nitrogen and oxygen atoms in total. The molecule has 0 spiro atoms. The molecule has 0 saturated carbocycles. The first-order chi connectivity index (χ1) is 10.4. The molecule has 116 valence electrons. The Morgan fingerprint density at radius 3 is 2.73 bits per heavy atom. The van der Waals surface area contributed by atoms with Crippen molar-refractivity contribution in [3.63, 3.8) is 0 Å². The van der Waals surface area contributed by atoms with Crippen LogP contribution in [0.15, 0.2) is 30.6 Å². The second-order valence-electron chi connectivity index (χ2n) is 4.67. The molecule has 0 bridgehead atoms. The SMILES string of the molecule is CC(=O)SCC(O)C(O)c1ccc([N+](=O)[O-])c2cnccc12. The van der Waals surface area contributed by atoms with Crippen molar-refractivity contribution in [2.24, 2.45) is 0 Å². The second kappa shape index (κ2) is 6.82. The van der Waals surface area contributed by atoms with Gasteiger partial charge in [-0.2, -0.15) is 0 Å². The summed E-state index contributed by atoms with van der Waals surface area (Å²) in [6.45, 7) is 1.37. The molecular formula is C14H14N2O5S. The maximum atomic E-state index is 11.0. The predicted molar refractivity (Wildman–Crippen MR) is 82.5 cm³/mol. The molecule has 0 fully saturated rings. The minimum absolute atomic E-state index is 0.0417. The lowest BCUT2D eigenvalue weighted by Gasteiger charge is -2.19. The fraction of sp³-hybridized carbons (Fsp3) is 0.286. The fourth-order valence-corrected chi connectivity index (χ4v) is 2.70. The molecule has 0 saturated heterocycles. The molecule has 0 radical (unpaired) electrons. The number of carbonyl (C=O) groups excluding carboxylic acids is 1. The van der Waals surface area contributed by atoms with E-state index in [-0.39, 0.29) is 21.9 Å². The number of fused-ring (bicyclic) bond motifs is 1. The molecule has 2 unspecified atom stereocenters. The Hall–Kier alpha value is -2.03. The Morgan fingerprint density at radius 2 is 2.09 bits per heavy atom. The highest BCUT2D eigenvalue weighted by molar-refractivity contribution is 8.13. The predicted octanol–water partition coefficient (Wildman–Crippen LogP) is 1.82. The second-order valence-corrected chi connectivity index (χ2v) is 5.86. The van der Waals surface area contributed by atoms with Crippen molar-refractivity contribution in [2.45, 2.75) is 19.1 Å². The Labute approximate surface area is 130 Å². The minimum atomic E-state index is -1.25. The minimum Gasteiger partial charge on any atom is -0.389 e. The van der Waals surface area contributed by atoms with Crippen molar-refractivity contribution in [1.29, 1.82) is 0 Å². The number of nitro groups is 1. The summed E-state index contributed by atoms with van der Waals surface area (Å²) in [5, 5.41) is 31.9. The van der Waals surface area contributed by atoms with Gasteiger partial charge in [-0.15, -0.1) is 0 Å². The summed E-state index contributed by atoms with van der Waals surface area (Å²) < 4.78 is 0. The van der Waals surface area contributed by atoms with Gasteiger partial charge in [0.2, 0.25) is 0 Å². The van der Waals surface area contributed by atoms with E-state index in [1.807, 2.05) is 0 Å². The van der Waals surface area contributed by atoms with E-state index < -0.39 is 17.1 Å². The number of nitro benzene ring substituents is 1. The van der Waals surface area contributed by atoms with E-state index in [1.165, 1.54) is 31.5 Å². The Balaban J connectivity index is 2.41. The van der Waals surface area contributed by atoms with Crippen LogP contribution in [0.1, 0.15) is 18.6 Å². The normalized spacial score (nSPS) is 13.8. The van der Waals surface area contributed by atoms with E-state index in [0.717, 1.165) is 11.8 Å². The van der Waals surface area contributed by atoms with E-state index in [9.17, 15) is 25.1 Å². The number of aliphatic hydroxyl groups is 2. The molecule has 1 aromatic heterocycles. The van der Waals surface area contributed by atoms with Gasteiger partial charge in [0.15, 0.2) is 5.12 Å². The van der Waals surface area contributed by atoms with Gasteiger partial charge in [0.25, 0.3) is 5.69 Å². The number of aromatic nitrogens is 1. The van der Waals surface area contributed by atoms with Crippen molar-refractivity contribution in [1.82, 2.24) is 4.98 Å². The fourth-order valence-electron chi connectivity index (χ4n) is 2.12. The molecule has 2 atom stereocenters. The van der Waals surface area contributed by atoms with Crippen LogP contribution in [0.5, 0.6) is 0 Å². The lowest BCUT2D eigenvalue weighted by molar-refractivity contribution is -0.383. The van der Waals surface area contributed by atoms with Gasteiger partial charge in [-0.1, -0.05) is 11.8 Å². The van der Waals surface area contributed by atoms with Crippen molar-refractivity contribution >= 4 is 33.3 Å². The number of benzene rings is 1. The van der Waals surface area contributed by atoms with E-state index in [0.29, 0.717) is 10.9 Å². The van der Waals surface area contributed by atoms with Crippen LogP contribution in [0, 0.1) is 10.1 Å². The standard InChI is InChI=1S/C14H14N2O5S/c1-8(17)22-7-13(18)14(19)10-2-3-12(16(20)21)11-6-15-5-4-9(10)11/h2-6,13-14,18-19H,7H2,1H3. The lowest BCUT2D eigenvalue weighted by atomic mass is 9.98. The highest BCUT2D eigenvalue weighted by Crippen LogP contribution is 2.32. The van der Waals surface area contributed by atoms with Gasteiger partial charge in [0, 0.05) is 31.1 Å². The Bertz CT molecular complexity index is 721. The average Bonchev–Trinajstić information content (AvgIpc) is 2.50. The van der Waals surface area contributed by atoms with Crippen molar-refractivity contribution in [2.75, 3.05) is 5.75 Å². The first-order valence-electron chi connectivity index (χ1n) is 6.42. The molecule has 0 aliphatic carbocycles. The van der Waals surface area contributed by atoms with E-state index in [2.05, 4.69) is 4.98 Å². The van der Waals surface area contributed by atoms with Crippen molar-refractivity contribution in [3.05, 3.63) is 46.3 Å². The van der Waals surface area contributed by atoms with E-state index in [1.54, 1.807) is 6.07 Å². The first kappa shape index (κ1) is 16.3. The number of pyridine rings is 1. The van der Waals surface area contributed by atoms with Crippen molar-refractivity contribution in [3.8, 4) is 0 Å². The zero-order valence-corrected chi connectivity index (χ0v) is 12.5. The smallest absolute Gasteiger partial charge is 0.278 e. The largest absolute Gasteiger partial charge is 0.389 e. The zero-order chi connectivity index (χ0) is 16.3. The molecule has 1 aromatic carbocycles. The molecule has 2 N–H and O–H groups in total. The summed E-state index contributed by atoms with van der Waals surface area (Å²) in [6.07, 6.45) is 0.392. The van der Waals surface area contributed by atoms with Gasteiger partial charge in [-0.25, -0.2) is 0 Å². The number of non-ortho nitro benzene ring substituents is 1. The topological polar surface area (TPSA) is 114 Å². The molecule has 0 aliphatic heterocycles. The Kier molecular flexibility index (Phi) is 5.07. The van der Waals surface area contributed by atoms with Crippen LogP contribution < -0.4 is 0 Å². The van der Waals surface area contributed by atoms with Crippen LogP contribution in [0.3, 0.4) is 0 Å². The quantitative estimate of drug-likeness (QED) is 0.637. The van der Waals surface area contributed by atoms with Gasteiger partial charge < -0.3 is 10.2 Å². The lowest BCUT2D eigenvalue weighted by Crippen LogP contribution is -2.21. The van der Waals surface area contributed by atoms with Crippen LogP contribution in [0.2, 0.25) is 0 Å². The van der Waals surface area contributed by atoms with Crippen LogP contribution in [-0.4, -0.2) is 37.1 Å². The molecule has 2 aromatic rings. The van der Waals surface area contributed by atoms with Crippen molar-refractivity contribution < 1.29 is 19.9 Å². The van der Waals surface area contributed by atoms with E-state index >= 15 is 0 Å². The summed E-state index contributed by atoms with van der Waals surface area (Å²) >= 11 is 0.906. The molecule has 0 aliphatic rings. The molecule has 0 amide bonds. The first-order valence-corrected chi connectivity index (χ1v) is 7.41. The number of carbonyl (C=O) groups is 1. The van der Waals surface area contributed by atoms with Crippen LogP contribution in [0.25, 0.3) is 10.8 Å². The maximum absolute atomic E-state index is 11.0. The molecule has 8 heteroatoms. The third kappa shape index (κ3) is 3.41. The molecular weight excluding hydrogens is 308 g/mol.